The average molecular weight is 323 g/mol. The van der Waals surface area contributed by atoms with Gasteiger partial charge < -0.3 is 4.74 Å². The van der Waals surface area contributed by atoms with Gasteiger partial charge in [-0.15, -0.1) is 0 Å². The number of hydrogen-bond acceptors (Lipinski definition) is 2. The molecule has 0 aromatic carbocycles. The first kappa shape index (κ1) is 18.8. The molecule has 134 valence electrons. The fourth-order valence-electron chi connectivity index (χ4n) is 4.61. The van der Waals surface area contributed by atoms with Crippen molar-refractivity contribution in [1.82, 2.24) is 0 Å². The van der Waals surface area contributed by atoms with Gasteiger partial charge in [-0.05, 0) is 50.9 Å². The monoisotopic (exact) mass is 322 g/mol. The summed E-state index contributed by atoms with van der Waals surface area (Å²) in [6.45, 7) is 4.49. The second kappa shape index (κ2) is 9.69. The minimum atomic E-state index is -0.132. The molecule has 2 nitrogen and oxygen atoms in total. The van der Waals surface area contributed by atoms with Gasteiger partial charge >= 0.3 is 5.97 Å². The first-order chi connectivity index (χ1) is 11.2. The van der Waals surface area contributed by atoms with Gasteiger partial charge in [-0.25, -0.2) is 0 Å². The van der Waals surface area contributed by atoms with Gasteiger partial charge in [0.15, 0.2) is 0 Å². The molecule has 0 amide bonds. The van der Waals surface area contributed by atoms with E-state index in [0.717, 1.165) is 38.0 Å². The summed E-state index contributed by atoms with van der Waals surface area (Å²) >= 11 is 0. The molecular weight excluding hydrogens is 284 g/mol. The highest BCUT2D eigenvalue weighted by molar-refractivity contribution is 5.77. The van der Waals surface area contributed by atoms with Crippen LogP contribution in [0.1, 0.15) is 110 Å². The predicted molar refractivity (Wildman–Crippen MR) is 96.4 cm³/mol. The summed E-state index contributed by atoms with van der Waals surface area (Å²) in [4.78, 5) is 12.9. The smallest absolute Gasteiger partial charge is 0.312 e. The summed E-state index contributed by atoms with van der Waals surface area (Å²) in [5.41, 5.74) is -0.132. The van der Waals surface area contributed by atoms with Crippen molar-refractivity contribution in [1.29, 1.82) is 0 Å². The average Bonchev–Trinajstić information content (AvgIpc) is 2.60. The standard InChI is InChI=1S/C21H38O2/c1-3-5-10-18-11-13-19(14-12-18)23-20(22)21(15-6-4-2)16-8-7-9-17-21/h18-19H,3-17H2,1-2H3. The molecule has 2 fully saturated rings. The Morgan fingerprint density at radius 1 is 0.957 bits per heavy atom. The molecule has 2 rings (SSSR count). The van der Waals surface area contributed by atoms with Crippen LogP contribution in [0, 0.1) is 11.3 Å². The van der Waals surface area contributed by atoms with E-state index in [-0.39, 0.29) is 17.5 Å². The van der Waals surface area contributed by atoms with Crippen molar-refractivity contribution in [2.24, 2.45) is 11.3 Å². The minimum absolute atomic E-state index is 0.132. The number of ether oxygens (including phenoxy) is 1. The molecular formula is C21H38O2. The molecule has 0 aromatic rings. The summed E-state index contributed by atoms with van der Waals surface area (Å²) < 4.78 is 6.05. The summed E-state index contributed by atoms with van der Waals surface area (Å²) in [6.07, 6.45) is 18.2. The van der Waals surface area contributed by atoms with Crippen LogP contribution in [0.15, 0.2) is 0 Å². The molecule has 0 heterocycles. The van der Waals surface area contributed by atoms with E-state index in [1.165, 1.54) is 64.2 Å². The number of esters is 1. The van der Waals surface area contributed by atoms with Crippen molar-refractivity contribution < 1.29 is 9.53 Å². The van der Waals surface area contributed by atoms with Crippen LogP contribution in [0.4, 0.5) is 0 Å². The van der Waals surface area contributed by atoms with Gasteiger partial charge in [0.2, 0.25) is 0 Å². The Labute approximate surface area is 143 Å². The number of carbonyl (C=O) groups is 1. The van der Waals surface area contributed by atoms with Crippen molar-refractivity contribution in [2.45, 2.75) is 116 Å². The Kier molecular flexibility index (Phi) is 7.92. The molecule has 0 radical (unpaired) electrons. The number of unbranched alkanes of at least 4 members (excludes halogenated alkanes) is 2. The molecule has 2 saturated carbocycles. The molecule has 23 heavy (non-hydrogen) atoms. The van der Waals surface area contributed by atoms with E-state index in [9.17, 15) is 4.79 Å². The quantitative estimate of drug-likeness (QED) is 0.482. The molecule has 2 heteroatoms. The fourth-order valence-corrected chi connectivity index (χ4v) is 4.61. The van der Waals surface area contributed by atoms with Crippen molar-refractivity contribution in [3.8, 4) is 0 Å². The maximum atomic E-state index is 12.9. The van der Waals surface area contributed by atoms with E-state index in [0.29, 0.717) is 0 Å². The topological polar surface area (TPSA) is 26.3 Å². The molecule has 0 aliphatic heterocycles. The Bertz CT molecular complexity index is 336. The largest absolute Gasteiger partial charge is 0.462 e. The minimum Gasteiger partial charge on any atom is -0.462 e. The van der Waals surface area contributed by atoms with Crippen LogP contribution < -0.4 is 0 Å². The van der Waals surface area contributed by atoms with E-state index in [2.05, 4.69) is 13.8 Å². The van der Waals surface area contributed by atoms with Gasteiger partial charge in [0.1, 0.15) is 6.10 Å². The maximum absolute atomic E-state index is 12.9. The molecule has 0 spiro atoms. The third kappa shape index (κ3) is 5.50. The van der Waals surface area contributed by atoms with E-state index in [1.54, 1.807) is 0 Å². The zero-order valence-corrected chi connectivity index (χ0v) is 15.6. The third-order valence-electron chi connectivity index (χ3n) is 6.29. The zero-order valence-electron chi connectivity index (χ0n) is 15.6. The van der Waals surface area contributed by atoms with Gasteiger partial charge in [-0.2, -0.15) is 0 Å². The van der Waals surface area contributed by atoms with Crippen LogP contribution in [0.5, 0.6) is 0 Å². The van der Waals surface area contributed by atoms with Crippen LogP contribution in [0.3, 0.4) is 0 Å². The van der Waals surface area contributed by atoms with Crippen LogP contribution in [0.2, 0.25) is 0 Å². The van der Waals surface area contributed by atoms with Gasteiger partial charge in [0.05, 0.1) is 5.41 Å². The lowest BCUT2D eigenvalue weighted by Crippen LogP contribution is -2.38. The van der Waals surface area contributed by atoms with Crippen molar-refractivity contribution in [3.63, 3.8) is 0 Å². The first-order valence-electron chi connectivity index (χ1n) is 10.4. The maximum Gasteiger partial charge on any atom is 0.312 e. The van der Waals surface area contributed by atoms with Gasteiger partial charge in [0.25, 0.3) is 0 Å². The highest BCUT2D eigenvalue weighted by atomic mass is 16.5. The molecule has 2 aliphatic rings. The zero-order chi connectivity index (χ0) is 16.5. The van der Waals surface area contributed by atoms with Gasteiger partial charge in [-0.3, -0.25) is 4.79 Å². The Hall–Kier alpha value is -0.530. The molecule has 0 aromatic heterocycles. The lowest BCUT2D eigenvalue weighted by molar-refractivity contribution is -0.166. The molecule has 0 saturated heterocycles. The molecule has 0 N–H and O–H groups in total. The molecule has 2 aliphatic carbocycles. The molecule has 0 atom stereocenters. The highest BCUT2D eigenvalue weighted by Crippen LogP contribution is 2.42. The second-order valence-corrected chi connectivity index (χ2v) is 8.13. The number of carbonyl (C=O) groups excluding carboxylic acids is 1. The van der Waals surface area contributed by atoms with Crippen LogP contribution >= 0.6 is 0 Å². The number of hydrogen-bond donors (Lipinski definition) is 0. The highest BCUT2D eigenvalue weighted by Gasteiger charge is 2.41. The predicted octanol–water partition coefficient (Wildman–Crippen LogP) is 6.42. The number of rotatable bonds is 8. The summed E-state index contributed by atoms with van der Waals surface area (Å²) in [5, 5.41) is 0. The van der Waals surface area contributed by atoms with E-state index >= 15 is 0 Å². The van der Waals surface area contributed by atoms with Gasteiger partial charge in [-0.1, -0.05) is 65.2 Å². The van der Waals surface area contributed by atoms with Crippen LogP contribution in [-0.4, -0.2) is 12.1 Å². The summed E-state index contributed by atoms with van der Waals surface area (Å²) in [5.74, 6) is 1.04. The SMILES string of the molecule is CCCCC1CCC(OC(=O)C2(CCCC)CCCCC2)CC1. The first-order valence-corrected chi connectivity index (χ1v) is 10.4. The van der Waals surface area contributed by atoms with E-state index < -0.39 is 0 Å². The lowest BCUT2D eigenvalue weighted by atomic mass is 9.71. The lowest BCUT2D eigenvalue weighted by Gasteiger charge is -2.37. The van der Waals surface area contributed by atoms with Crippen molar-refractivity contribution in [3.05, 3.63) is 0 Å². The third-order valence-corrected chi connectivity index (χ3v) is 6.29. The van der Waals surface area contributed by atoms with E-state index in [1.807, 2.05) is 0 Å². The van der Waals surface area contributed by atoms with Crippen molar-refractivity contribution >= 4 is 5.97 Å². The summed E-state index contributed by atoms with van der Waals surface area (Å²) in [7, 11) is 0. The van der Waals surface area contributed by atoms with Crippen LogP contribution in [-0.2, 0) is 9.53 Å². The Morgan fingerprint density at radius 2 is 1.61 bits per heavy atom. The summed E-state index contributed by atoms with van der Waals surface area (Å²) in [6, 6.07) is 0. The van der Waals surface area contributed by atoms with Crippen molar-refractivity contribution in [2.75, 3.05) is 0 Å². The normalized spacial score (nSPS) is 27.6. The Morgan fingerprint density at radius 3 is 2.22 bits per heavy atom. The van der Waals surface area contributed by atoms with Gasteiger partial charge in [0, 0.05) is 0 Å². The molecule has 0 bridgehead atoms. The molecule has 0 unspecified atom stereocenters. The second-order valence-electron chi connectivity index (χ2n) is 8.13. The van der Waals surface area contributed by atoms with E-state index in [4.69, 9.17) is 4.74 Å². The Balaban J connectivity index is 1.82. The van der Waals surface area contributed by atoms with Crippen LogP contribution in [0.25, 0.3) is 0 Å². The fraction of sp³-hybridized carbons (Fsp3) is 0.952.